The number of amides is 1. The first-order valence-electron chi connectivity index (χ1n) is 11.0. The Hall–Kier alpha value is -3.53. The molecule has 0 bridgehead atoms. The molecule has 6 nitrogen and oxygen atoms in total. The molecule has 35 heavy (non-hydrogen) atoms. The van der Waals surface area contributed by atoms with E-state index in [0.717, 1.165) is 12.1 Å². The lowest BCUT2D eigenvalue weighted by Gasteiger charge is -2.21. The summed E-state index contributed by atoms with van der Waals surface area (Å²) in [4.78, 5) is 21.2. The van der Waals surface area contributed by atoms with E-state index in [-0.39, 0.29) is 42.3 Å². The molecule has 1 amide bonds. The van der Waals surface area contributed by atoms with Crippen molar-refractivity contribution in [3.8, 4) is 17.0 Å². The van der Waals surface area contributed by atoms with Crippen molar-refractivity contribution in [2.24, 2.45) is 0 Å². The van der Waals surface area contributed by atoms with Crippen molar-refractivity contribution in [3.05, 3.63) is 71.2 Å². The van der Waals surface area contributed by atoms with E-state index < -0.39 is 23.3 Å². The molecule has 1 aliphatic heterocycles. The molecule has 1 fully saturated rings. The van der Waals surface area contributed by atoms with Crippen LogP contribution in [-0.4, -0.2) is 35.7 Å². The molecule has 0 radical (unpaired) electrons. The summed E-state index contributed by atoms with van der Waals surface area (Å²) in [6, 6.07) is 7.39. The number of benzene rings is 1. The van der Waals surface area contributed by atoms with Gasteiger partial charge in [-0.05, 0) is 44.2 Å². The molecule has 1 aliphatic rings. The first-order chi connectivity index (χ1) is 16.6. The van der Waals surface area contributed by atoms with Crippen LogP contribution in [0.2, 0.25) is 0 Å². The molecule has 0 spiro atoms. The topological polar surface area (TPSA) is 73.3 Å². The number of anilines is 1. The van der Waals surface area contributed by atoms with Gasteiger partial charge in [0, 0.05) is 35.0 Å². The maximum absolute atomic E-state index is 15.6. The number of hydrogen-bond acceptors (Lipinski definition) is 5. The third-order valence-electron chi connectivity index (χ3n) is 5.70. The van der Waals surface area contributed by atoms with E-state index in [1.807, 2.05) is 0 Å². The zero-order chi connectivity index (χ0) is 25.2. The average Bonchev–Trinajstić information content (AvgIpc) is 3.28. The maximum atomic E-state index is 15.6. The molecular formula is C25H23F4N3O3. The molecule has 2 aromatic heterocycles. The number of hydrogen-bond donors (Lipinski definition) is 1. The largest absolute Gasteiger partial charge is 0.478 e. The van der Waals surface area contributed by atoms with Gasteiger partial charge >= 0.3 is 6.18 Å². The van der Waals surface area contributed by atoms with Crippen molar-refractivity contribution in [1.82, 2.24) is 9.97 Å². The summed E-state index contributed by atoms with van der Waals surface area (Å²) >= 11 is 0. The second-order valence-corrected chi connectivity index (χ2v) is 8.17. The number of alkyl halides is 4. The second-order valence-electron chi connectivity index (χ2n) is 8.17. The Morgan fingerprint density at radius 2 is 2.00 bits per heavy atom. The van der Waals surface area contributed by atoms with Gasteiger partial charge < -0.3 is 14.8 Å². The van der Waals surface area contributed by atoms with E-state index in [9.17, 15) is 18.0 Å². The third-order valence-corrected chi connectivity index (χ3v) is 5.70. The predicted octanol–water partition coefficient (Wildman–Crippen LogP) is 5.71. The average molecular weight is 489 g/mol. The van der Waals surface area contributed by atoms with Crippen LogP contribution in [0, 0.1) is 6.92 Å². The highest BCUT2D eigenvalue weighted by molar-refractivity contribution is 6.04. The minimum absolute atomic E-state index is 0.109. The Bertz CT molecular complexity index is 1240. The van der Waals surface area contributed by atoms with Crippen molar-refractivity contribution in [2.45, 2.75) is 32.1 Å². The SMILES string of the molecule is CCOc1ncc(-c2cc(NC(=O)c3cccc(C(F)(F)F)c3)cnc2C)cc1C1(F)CCOC1. The van der Waals surface area contributed by atoms with Crippen LogP contribution in [-0.2, 0) is 16.6 Å². The quantitative estimate of drug-likeness (QED) is 0.449. The van der Waals surface area contributed by atoms with Crippen molar-refractivity contribution >= 4 is 11.6 Å². The molecule has 1 aromatic carbocycles. The number of nitrogens with zero attached hydrogens (tertiary/aromatic N) is 2. The zero-order valence-electron chi connectivity index (χ0n) is 19.1. The van der Waals surface area contributed by atoms with Crippen molar-refractivity contribution in [1.29, 1.82) is 0 Å². The van der Waals surface area contributed by atoms with Crippen LogP contribution >= 0.6 is 0 Å². The Morgan fingerprint density at radius 1 is 1.20 bits per heavy atom. The second kappa shape index (κ2) is 9.61. The van der Waals surface area contributed by atoms with Gasteiger partial charge in [-0.15, -0.1) is 0 Å². The molecule has 0 saturated carbocycles. The molecule has 184 valence electrons. The number of aromatic nitrogens is 2. The summed E-state index contributed by atoms with van der Waals surface area (Å²) in [7, 11) is 0. The van der Waals surface area contributed by atoms with Crippen LogP contribution in [0.3, 0.4) is 0 Å². The van der Waals surface area contributed by atoms with Crippen molar-refractivity contribution in [3.63, 3.8) is 0 Å². The van der Waals surface area contributed by atoms with Crippen LogP contribution in [0.15, 0.2) is 48.8 Å². The van der Waals surface area contributed by atoms with E-state index in [1.165, 1.54) is 24.5 Å². The fraction of sp³-hybridized carbons (Fsp3) is 0.320. The number of nitrogens with one attached hydrogen (secondary N) is 1. The zero-order valence-corrected chi connectivity index (χ0v) is 19.1. The van der Waals surface area contributed by atoms with Gasteiger partial charge in [-0.25, -0.2) is 9.37 Å². The summed E-state index contributed by atoms with van der Waals surface area (Å²) in [6.07, 6.45) is -1.47. The van der Waals surface area contributed by atoms with Crippen LogP contribution in [0.25, 0.3) is 11.1 Å². The Morgan fingerprint density at radius 3 is 2.69 bits per heavy atom. The Kier molecular flexibility index (Phi) is 6.75. The summed E-state index contributed by atoms with van der Waals surface area (Å²) < 4.78 is 65.4. The standard InChI is InChI=1S/C25H23F4N3O3/c1-3-35-23-21(24(26)7-8-34-14-24)10-17(12-31-23)20-11-19(13-30-15(20)2)32-22(33)16-5-4-6-18(9-16)25(27,28)29/h4-6,9-13H,3,7-8,14H2,1-2H3,(H,32,33). The minimum atomic E-state index is -4.56. The van der Waals surface area contributed by atoms with Crippen molar-refractivity contribution in [2.75, 3.05) is 25.1 Å². The summed E-state index contributed by atoms with van der Waals surface area (Å²) in [5.74, 6) is -0.534. The fourth-order valence-electron chi connectivity index (χ4n) is 3.86. The van der Waals surface area contributed by atoms with Gasteiger partial charge in [-0.1, -0.05) is 6.07 Å². The number of halogens is 4. The molecule has 1 atom stereocenters. The normalized spacial score (nSPS) is 17.9. The minimum Gasteiger partial charge on any atom is -0.478 e. The highest BCUT2D eigenvalue weighted by atomic mass is 19.4. The van der Waals surface area contributed by atoms with E-state index >= 15 is 4.39 Å². The molecule has 1 saturated heterocycles. The van der Waals surface area contributed by atoms with E-state index in [0.29, 0.717) is 23.4 Å². The van der Waals surface area contributed by atoms with E-state index in [2.05, 4.69) is 15.3 Å². The number of pyridine rings is 2. The fourth-order valence-corrected chi connectivity index (χ4v) is 3.86. The monoisotopic (exact) mass is 489 g/mol. The summed E-state index contributed by atoms with van der Waals surface area (Å²) in [5.41, 5.74) is -0.558. The van der Waals surface area contributed by atoms with Gasteiger partial charge in [0.1, 0.15) is 0 Å². The van der Waals surface area contributed by atoms with Gasteiger partial charge in [0.25, 0.3) is 5.91 Å². The first kappa shape index (κ1) is 24.6. The number of carbonyl (C=O) groups excluding carboxylic acids is 1. The van der Waals surface area contributed by atoms with Gasteiger partial charge in [-0.3, -0.25) is 9.78 Å². The molecule has 3 heterocycles. The molecule has 1 unspecified atom stereocenters. The smallest absolute Gasteiger partial charge is 0.416 e. The van der Waals surface area contributed by atoms with Gasteiger partial charge in [0.15, 0.2) is 5.67 Å². The summed E-state index contributed by atoms with van der Waals surface area (Å²) in [5, 5.41) is 2.58. The third kappa shape index (κ3) is 5.27. The lowest BCUT2D eigenvalue weighted by molar-refractivity contribution is -0.137. The molecule has 1 N–H and O–H groups in total. The lowest BCUT2D eigenvalue weighted by Crippen LogP contribution is -2.22. The first-order valence-corrected chi connectivity index (χ1v) is 11.0. The number of carbonyl (C=O) groups is 1. The molecular weight excluding hydrogens is 466 g/mol. The van der Waals surface area contributed by atoms with Gasteiger partial charge in [-0.2, -0.15) is 13.2 Å². The number of aryl methyl sites for hydroxylation is 1. The maximum Gasteiger partial charge on any atom is 0.416 e. The number of rotatable bonds is 6. The molecule has 4 rings (SSSR count). The highest BCUT2D eigenvalue weighted by Crippen LogP contribution is 2.41. The molecule has 0 aliphatic carbocycles. The van der Waals surface area contributed by atoms with Gasteiger partial charge in [0.2, 0.25) is 5.88 Å². The highest BCUT2D eigenvalue weighted by Gasteiger charge is 2.40. The van der Waals surface area contributed by atoms with Crippen LogP contribution < -0.4 is 10.1 Å². The Balaban J connectivity index is 1.66. The number of ether oxygens (including phenoxy) is 2. The predicted molar refractivity (Wildman–Crippen MR) is 121 cm³/mol. The van der Waals surface area contributed by atoms with Crippen LogP contribution in [0.4, 0.5) is 23.2 Å². The van der Waals surface area contributed by atoms with E-state index in [4.69, 9.17) is 9.47 Å². The molecule has 3 aromatic rings. The van der Waals surface area contributed by atoms with E-state index in [1.54, 1.807) is 26.0 Å². The van der Waals surface area contributed by atoms with Crippen molar-refractivity contribution < 1.29 is 31.8 Å². The van der Waals surface area contributed by atoms with Crippen LogP contribution in [0.5, 0.6) is 5.88 Å². The van der Waals surface area contributed by atoms with Gasteiger partial charge in [0.05, 0.1) is 42.8 Å². The lowest BCUT2D eigenvalue weighted by atomic mass is 9.93. The van der Waals surface area contributed by atoms with Crippen LogP contribution in [0.1, 0.15) is 40.5 Å². The summed E-state index contributed by atoms with van der Waals surface area (Å²) in [6.45, 7) is 4.01. The molecule has 10 heteroatoms. The Labute approximate surface area is 199 Å².